The van der Waals surface area contributed by atoms with E-state index in [1.165, 1.54) is 13.8 Å². The lowest BCUT2D eigenvalue weighted by Crippen LogP contribution is -2.44. The van der Waals surface area contributed by atoms with Crippen LogP contribution in [-0.2, 0) is 0 Å². The van der Waals surface area contributed by atoms with E-state index < -0.39 is 23.4 Å². The van der Waals surface area contributed by atoms with Gasteiger partial charge in [-0.2, -0.15) is 22.0 Å². The Balaban J connectivity index is 3.21. The molecule has 0 atom stereocenters. The number of carbonyl (C=O) groups excluding carboxylic acids is 1. The van der Waals surface area contributed by atoms with Gasteiger partial charge in [0.05, 0.1) is 0 Å². The molecule has 0 aliphatic rings. The molecule has 1 aromatic carbocycles. The first kappa shape index (κ1) is 13.6. The Kier molecular flexibility index (Phi) is 3.27. The number of halogens is 5. The van der Waals surface area contributed by atoms with Gasteiger partial charge in [0.25, 0.3) is 0 Å². The van der Waals surface area contributed by atoms with Gasteiger partial charge in [-0.1, -0.05) is 0 Å². The van der Waals surface area contributed by atoms with Crippen molar-refractivity contribution in [2.75, 3.05) is 0 Å². The molecule has 1 rings (SSSR count). The third-order valence-electron chi connectivity index (χ3n) is 2.04. The number of hydrogen-bond acceptors (Lipinski definition) is 1. The molecule has 0 bridgehead atoms. The van der Waals surface area contributed by atoms with Crippen LogP contribution in [0.3, 0.4) is 0 Å². The van der Waals surface area contributed by atoms with Crippen LogP contribution in [0.4, 0.5) is 22.0 Å². The van der Waals surface area contributed by atoms with Crippen LogP contribution in [-0.4, -0.2) is 17.9 Å². The first-order chi connectivity index (χ1) is 7.55. The third-order valence-corrected chi connectivity index (χ3v) is 2.04. The zero-order valence-corrected chi connectivity index (χ0v) is 8.95. The summed E-state index contributed by atoms with van der Waals surface area (Å²) >= 11 is 0. The van der Waals surface area contributed by atoms with Crippen LogP contribution in [0.25, 0.3) is 0 Å². The van der Waals surface area contributed by atoms with Crippen LogP contribution < -0.4 is 0 Å². The summed E-state index contributed by atoms with van der Waals surface area (Å²) in [5.74, 6) is -7.61. The van der Waals surface area contributed by atoms with E-state index in [0.717, 1.165) is 12.1 Å². The van der Waals surface area contributed by atoms with Gasteiger partial charge in [0.15, 0.2) is 0 Å². The van der Waals surface area contributed by atoms with Crippen molar-refractivity contribution in [2.45, 2.75) is 25.9 Å². The normalized spacial score (nSPS) is 12.6. The fraction of sp³-hybridized carbons (Fsp3) is 0.364. The van der Waals surface area contributed by atoms with E-state index in [9.17, 15) is 26.7 Å². The largest absolute Gasteiger partial charge is 0.461 e. The summed E-state index contributed by atoms with van der Waals surface area (Å²) in [6.07, 6.45) is -5.88. The molecule has 1 aromatic rings. The lowest BCUT2D eigenvalue weighted by molar-refractivity contribution is -0.255. The summed E-state index contributed by atoms with van der Waals surface area (Å²) in [6, 6.07) is 4.58. The topological polar surface area (TPSA) is 17.1 Å². The number of carbonyl (C=O) groups is 1. The van der Waals surface area contributed by atoms with Crippen molar-refractivity contribution in [2.24, 2.45) is 0 Å². The molecule has 17 heavy (non-hydrogen) atoms. The summed E-state index contributed by atoms with van der Waals surface area (Å²) in [7, 11) is 0. The molecule has 0 amide bonds. The Hall–Kier alpha value is -1.46. The van der Waals surface area contributed by atoms with Crippen LogP contribution in [0, 0.1) is 19.9 Å². The second kappa shape index (κ2) is 4.09. The van der Waals surface area contributed by atoms with Crippen LogP contribution in [0.1, 0.15) is 21.5 Å². The molecular weight excluding hydrogens is 243 g/mol. The van der Waals surface area contributed by atoms with Crippen LogP contribution >= 0.6 is 0 Å². The maximum Gasteiger partial charge on any atom is 0.461 e. The van der Waals surface area contributed by atoms with E-state index in [2.05, 4.69) is 6.07 Å². The van der Waals surface area contributed by atoms with Gasteiger partial charge in [-0.3, -0.25) is 4.79 Å². The number of aryl methyl sites for hydroxylation is 2. The Bertz CT molecular complexity index is 427. The first-order valence-electron chi connectivity index (χ1n) is 4.55. The third kappa shape index (κ3) is 2.62. The van der Waals surface area contributed by atoms with Crippen molar-refractivity contribution in [3.05, 3.63) is 34.9 Å². The van der Waals surface area contributed by atoms with Crippen molar-refractivity contribution >= 4 is 5.78 Å². The number of hydrogen-bond donors (Lipinski definition) is 0. The van der Waals surface area contributed by atoms with Crippen molar-refractivity contribution < 1.29 is 26.7 Å². The molecule has 1 radical (unpaired) electrons. The smallest absolute Gasteiger partial charge is 0.287 e. The van der Waals surface area contributed by atoms with E-state index in [4.69, 9.17) is 0 Å². The Morgan fingerprint density at radius 1 is 1.06 bits per heavy atom. The molecule has 0 aromatic heterocycles. The number of Topliss-reactive ketones (excluding diaryl/α,β-unsaturated/α-hetero) is 1. The maximum atomic E-state index is 12.8. The molecule has 1 nitrogen and oxygen atoms in total. The fourth-order valence-electron chi connectivity index (χ4n) is 1.33. The van der Waals surface area contributed by atoms with Gasteiger partial charge in [0, 0.05) is 5.56 Å². The monoisotopic (exact) mass is 251 g/mol. The second-order valence-electron chi connectivity index (χ2n) is 3.64. The zero-order chi connectivity index (χ0) is 13.4. The number of rotatable bonds is 2. The Morgan fingerprint density at radius 2 is 1.47 bits per heavy atom. The average molecular weight is 251 g/mol. The van der Waals surface area contributed by atoms with Crippen LogP contribution in [0.5, 0.6) is 0 Å². The van der Waals surface area contributed by atoms with Crippen molar-refractivity contribution in [3.8, 4) is 0 Å². The molecule has 0 spiro atoms. The molecule has 0 fully saturated rings. The highest BCUT2D eigenvalue weighted by atomic mass is 19.4. The quantitative estimate of drug-likeness (QED) is 0.581. The van der Waals surface area contributed by atoms with E-state index in [1.807, 2.05) is 0 Å². The number of alkyl halides is 5. The fourth-order valence-corrected chi connectivity index (χ4v) is 1.33. The van der Waals surface area contributed by atoms with Gasteiger partial charge in [-0.05, 0) is 43.2 Å². The highest BCUT2D eigenvalue weighted by Crippen LogP contribution is 2.38. The standard InChI is InChI=1S/C11H8F5O/c1-6-3-7(2)5-8(4-6)9(17)10(12,13)11(14,15)16/h4-5H,1-2H3. The van der Waals surface area contributed by atoms with Crippen LogP contribution in [0.2, 0.25) is 0 Å². The molecule has 0 saturated carbocycles. The summed E-state index contributed by atoms with van der Waals surface area (Å²) in [4.78, 5) is 11.1. The molecule has 93 valence electrons. The Labute approximate surface area is 94.2 Å². The van der Waals surface area contributed by atoms with Crippen molar-refractivity contribution in [1.82, 2.24) is 0 Å². The maximum absolute atomic E-state index is 12.8. The zero-order valence-electron chi connectivity index (χ0n) is 8.95. The minimum atomic E-state index is -5.88. The first-order valence-corrected chi connectivity index (χ1v) is 4.55. The predicted molar refractivity (Wildman–Crippen MR) is 50.1 cm³/mol. The van der Waals surface area contributed by atoms with Gasteiger partial charge in [-0.15, -0.1) is 0 Å². The summed E-state index contributed by atoms with van der Waals surface area (Å²) in [5, 5.41) is 0. The summed E-state index contributed by atoms with van der Waals surface area (Å²) < 4.78 is 61.6. The van der Waals surface area contributed by atoms with Crippen molar-refractivity contribution in [3.63, 3.8) is 0 Å². The summed E-state index contributed by atoms with van der Waals surface area (Å²) in [5.41, 5.74) is -0.0151. The van der Waals surface area contributed by atoms with E-state index in [0.29, 0.717) is 11.1 Å². The lowest BCUT2D eigenvalue weighted by atomic mass is 10.0. The van der Waals surface area contributed by atoms with E-state index >= 15 is 0 Å². The lowest BCUT2D eigenvalue weighted by Gasteiger charge is -2.18. The van der Waals surface area contributed by atoms with Crippen LogP contribution in [0.15, 0.2) is 12.1 Å². The average Bonchev–Trinajstić information content (AvgIpc) is 2.13. The van der Waals surface area contributed by atoms with Crippen molar-refractivity contribution in [1.29, 1.82) is 0 Å². The highest BCUT2D eigenvalue weighted by Gasteiger charge is 2.63. The molecule has 0 heterocycles. The Morgan fingerprint density at radius 3 is 1.82 bits per heavy atom. The molecule has 0 aliphatic carbocycles. The molecule has 6 heteroatoms. The van der Waals surface area contributed by atoms with E-state index in [1.54, 1.807) is 0 Å². The number of ketones is 1. The summed E-state index contributed by atoms with van der Waals surface area (Å²) in [6.45, 7) is 2.91. The molecular formula is C11H8F5O. The van der Waals surface area contributed by atoms with E-state index in [-0.39, 0.29) is 0 Å². The number of benzene rings is 1. The minimum Gasteiger partial charge on any atom is -0.287 e. The molecule has 0 unspecified atom stereocenters. The SMILES string of the molecule is Cc1[c]c(C)cc(C(=O)C(F)(F)C(F)(F)F)c1. The minimum absolute atomic E-state index is 0.325. The van der Waals surface area contributed by atoms with Gasteiger partial charge in [-0.25, -0.2) is 0 Å². The molecule has 0 N–H and O–H groups in total. The van der Waals surface area contributed by atoms with Gasteiger partial charge < -0.3 is 0 Å². The predicted octanol–water partition coefficient (Wildman–Crippen LogP) is 3.48. The van der Waals surface area contributed by atoms with Gasteiger partial charge >= 0.3 is 12.1 Å². The van der Waals surface area contributed by atoms with Gasteiger partial charge in [0.1, 0.15) is 0 Å². The highest BCUT2D eigenvalue weighted by molar-refractivity contribution is 6.02. The molecule has 0 aliphatic heterocycles. The van der Waals surface area contributed by atoms with Gasteiger partial charge in [0.2, 0.25) is 5.78 Å². The second-order valence-corrected chi connectivity index (χ2v) is 3.64. The molecule has 0 saturated heterocycles.